The summed E-state index contributed by atoms with van der Waals surface area (Å²) in [5.74, 6) is -0.365. The van der Waals surface area contributed by atoms with Crippen LogP contribution in [0.15, 0.2) is 0 Å². The topological polar surface area (TPSA) is 85.3 Å². The summed E-state index contributed by atoms with van der Waals surface area (Å²) in [6, 6.07) is 0. The van der Waals surface area contributed by atoms with Crippen LogP contribution in [0, 0.1) is 0 Å². The number of hydrogen-bond donors (Lipinski definition) is 1. The molecule has 0 rings (SSSR count). The highest BCUT2D eigenvalue weighted by Gasteiger charge is 2.23. The van der Waals surface area contributed by atoms with Crippen molar-refractivity contribution in [2.24, 2.45) is 0 Å². The van der Waals surface area contributed by atoms with Crippen molar-refractivity contribution < 1.29 is 28.3 Å². The molecule has 1 N–H and O–H groups in total. The van der Waals surface area contributed by atoms with Gasteiger partial charge in [0.15, 0.2) is 0 Å². The lowest BCUT2D eigenvalue weighted by molar-refractivity contribution is -0.153. The summed E-state index contributed by atoms with van der Waals surface area (Å²) in [6.45, 7) is 5.07. The lowest BCUT2D eigenvalue weighted by Gasteiger charge is -2.20. The van der Waals surface area contributed by atoms with Gasteiger partial charge in [0.25, 0.3) is 0 Å². The number of rotatable bonds is 27. The Hall–Kier alpha value is -0.460. The first-order valence-electron chi connectivity index (χ1n) is 14.7. The number of ether oxygens (including phenoxy) is 2. The van der Waals surface area contributed by atoms with Gasteiger partial charge in [0.2, 0.25) is 0 Å². The molecule has 0 saturated carbocycles. The molecule has 0 aromatic rings. The molecular weight excluding hydrogens is 477 g/mol. The molecule has 0 spiro atoms. The maximum absolute atomic E-state index is 12.1. The van der Waals surface area contributed by atoms with Gasteiger partial charge in [-0.1, -0.05) is 110 Å². The summed E-state index contributed by atoms with van der Waals surface area (Å²) in [5.41, 5.74) is 0. The largest absolute Gasteiger partial charge is 0.457 e. The van der Waals surface area contributed by atoms with Crippen molar-refractivity contribution in [3.05, 3.63) is 0 Å². The lowest BCUT2D eigenvalue weighted by Crippen LogP contribution is -2.28. The van der Waals surface area contributed by atoms with Gasteiger partial charge in [-0.3, -0.25) is 9.36 Å². The second kappa shape index (κ2) is 24.9. The highest BCUT2D eigenvalue weighted by molar-refractivity contribution is 7.52. The van der Waals surface area contributed by atoms with E-state index in [2.05, 4.69) is 6.92 Å². The van der Waals surface area contributed by atoms with Gasteiger partial charge in [-0.15, -0.1) is 0 Å². The number of unbranched alkanes of at least 4 members (excludes halogenated alkanes) is 15. The summed E-state index contributed by atoms with van der Waals surface area (Å²) in [7, 11) is -0.0557. The normalized spacial score (nSPS) is 14.2. The Morgan fingerprint density at radius 2 is 1.25 bits per heavy atom. The van der Waals surface area contributed by atoms with Crippen molar-refractivity contribution in [2.75, 3.05) is 46.6 Å². The molecule has 0 aliphatic heterocycles. The van der Waals surface area contributed by atoms with Gasteiger partial charge in [0, 0.05) is 19.6 Å². The van der Waals surface area contributed by atoms with Gasteiger partial charge in [-0.05, 0) is 20.5 Å². The maximum Gasteiger partial charge on any atom is 0.329 e. The molecule has 0 saturated heterocycles. The molecule has 0 heterocycles. The minimum atomic E-state index is -3.72. The van der Waals surface area contributed by atoms with Crippen LogP contribution in [0.1, 0.15) is 123 Å². The Balaban J connectivity index is 3.72. The van der Waals surface area contributed by atoms with Gasteiger partial charge in [0.05, 0.1) is 19.4 Å². The quantitative estimate of drug-likeness (QED) is 0.0668. The van der Waals surface area contributed by atoms with Gasteiger partial charge >= 0.3 is 13.6 Å². The zero-order chi connectivity index (χ0) is 26.9. The van der Waals surface area contributed by atoms with Crippen LogP contribution < -0.4 is 0 Å². The van der Waals surface area contributed by atoms with E-state index >= 15 is 0 Å². The Kier molecular flexibility index (Phi) is 24.5. The van der Waals surface area contributed by atoms with Gasteiger partial charge in [-0.2, -0.15) is 0 Å². The van der Waals surface area contributed by atoms with Crippen LogP contribution in [0.5, 0.6) is 0 Å². The number of esters is 1. The first kappa shape index (κ1) is 35.5. The van der Waals surface area contributed by atoms with Crippen molar-refractivity contribution in [3.63, 3.8) is 0 Å². The van der Waals surface area contributed by atoms with E-state index in [1.165, 1.54) is 89.9 Å². The van der Waals surface area contributed by atoms with Gasteiger partial charge < -0.3 is 23.8 Å². The minimum Gasteiger partial charge on any atom is -0.457 e. The van der Waals surface area contributed by atoms with Crippen molar-refractivity contribution in [1.29, 1.82) is 0 Å². The summed E-state index contributed by atoms with van der Waals surface area (Å²) >= 11 is 0. The minimum absolute atomic E-state index is 0.0362. The fourth-order valence-corrected chi connectivity index (χ4v) is 5.12. The SMILES string of the molecule is CCCCCCCCCCCCCCCCCCOCC(COP(=O)(O)CCN(C)C)OC(=O)CC. The van der Waals surface area contributed by atoms with Crippen LogP contribution >= 0.6 is 7.60 Å². The molecule has 0 aromatic carbocycles. The van der Waals surface area contributed by atoms with E-state index in [0.717, 1.165) is 12.8 Å². The fraction of sp³-hybridized carbons (Fsp3) is 0.964. The van der Waals surface area contributed by atoms with Crippen molar-refractivity contribution in [2.45, 2.75) is 129 Å². The number of hydrogen-bond acceptors (Lipinski definition) is 6. The van der Waals surface area contributed by atoms with E-state index in [4.69, 9.17) is 14.0 Å². The molecule has 8 heteroatoms. The second-order valence-electron chi connectivity index (χ2n) is 10.3. The zero-order valence-electron chi connectivity index (χ0n) is 24.0. The first-order valence-corrected chi connectivity index (χ1v) is 16.4. The van der Waals surface area contributed by atoms with E-state index in [0.29, 0.717) is 13.2 Å². The Bertz CT molecular complexity index is 546. The van der Waals surface area contributed by atoms with Crippen molar-refractivity contribution in [3.8, 4) is 0 Å². The van der Waals surface area contributed by atoms with Crippen LogP contribution in [-0.4, -0.2) is 68.5 Å². The molecule has 0 aromatic heterocycles. The highest BCUT2D eigenvalue weighted by Crippen LogP contribution is 2.41. The summed E-state index contributed by atoms with van der Waals surface area (Å²) in [4.78, 5) is 23.5. The molecule has 0 aliphatic rings. The summed E-state index contributed by atoms with van der Waals surface area (Å²) < 4.78 is 28.4. The zero-order valence-corrected chi connectivity index (χ0v) is 24.9. The molecule has 0 aliphatic carbocycles. The molecule has 216 valence electrons. The Morgan fingerprint density at radius 1 is 0.778 bits per heavy atom. The third kappa shape index (κ3) is 25.2. The smallest absolute Gasteiger partial charge is 0.329 e. The molecule has 7 nitrogen and oxygen atoms in total. The molecule has 0 radical (unpaired) electrons. The Morgan fingerprint density at radius 3 is 1.69 bits per heavy atom. The van der Waals surface area contributed by atoms with E-state index in [1.54, 1.807) is 6.92 Å². The molecular formula is C28H58NO6P. The predicted octanol–water partition coefficient (Wildman–Crippen LogP) is 7.35. The highest BCUT2D eigenvalue weighted by atomic mass is 31.2. The van der Waals surface area contributed by atoms with Crippen LogP contribution in [0.4, 0.5) is 0 Å². The monoisotopic (exact) mass is 535 g/mol. The average molecular weight is 536 g/mol. The van der Waals surface area contributed by atoms with Crippen LogP contribution in [0.3, 0.4) is 0 Å². The molecule has 36 heavy (non-hydrogen) atoms. The van der Waals surface area contributed by atoms with Gasteiger partial charge in [-0.25, -0.2) is 0 Å². The fourth-order valence-electron chi connectivity index (χ4n) is 3.94. The molecule has 0 fully saturated rings. The second-order valence-corrected chi connectivity index (χ2v) is 12.3. The van der Waals surface area contributed by atoms with E-state index < -0.39 is 13.7 Å². The first-order chi connectivity index (χ1) is 17.3. The molecule has 2 unspecified atom stereocenters. The maximum atomic E-state index is 12.1. The molecule has 0 amide bonds. The number of carbonyl (C=O) groups is 1. The summed E-state index contributed by atoms with van der Waals surface area (Å²) in [6.07, 6.45) is 20.8. The Labute approximate surface area is 222 Å². The predicted molar refractivity (Wildman–Crippen MR) is 150 cm³/mol. The third-order valence-corrected chi connectivity index (χ3v) is 7.64. The molecule has 0 bridgehead atoms. The van der Waals surface area contributed by atoms with E-state index in [1.807, 2.05) is 19.0 Å². The number of nitrogens with zero attached hydrogens (tertiary/aromatic N) is 1. The lowest BCUT2D eigenvalue weighted by atomic mass is 10.0. The van der Waals surface area contributed by atoms with E-state index in [-0.39, 0.29) is 31.8 Å². The van der Waals surface area contributed by atoms with Crippen LogP contribution in [-0.2, 0) is 23.4 Å². The van der Waals surface area contributed by atoms with Crippen molar-refractivity contribution in [1.82, 2.24) is 4.90 Å². The molecule has 2 atom stereocenters. The van der Waals surface area contributed by atoms with Crippen LogP contribution in [0.25, 0.3) is 0 Å². The third-order valence-electron chi connectivity index (χ3n) is 6.32. The summed E-state index contributed by atoms with van der Waals surface area (Å²) in [5, 5.41) is 0. The van der Waals surface area contributed by atoms with Crippen LogP contribution in [0.2, 0.25) is 0 Å². The average Bonchev–Trinajstić information content (AvgIpc) is 2.85. The van der Waals surface area contributed by atoms with E-state index in [9.17, 15) is 14.3 Å². The van der Waals surface area contributed by atoms with Crippen molar-refractivity contribution >= 4 is 13.6 Å². The van der Waals surface area contributed by atoms with Gasteiger partial charge in [0.1, 0.15) is 6.10 Å². The number of carbonyl (C=O) groups excluding carboxylic acids is 1. The standard InChI is InChI=1S/C28H58NO6P/c1-5-7-8-9-10-11-12-13-14-15-16-17-18-19-20-21-23-33-25-27(35-28(30)6-2)26-34-36(31,32)24-22-29(3)4/h27H,5-26H2,1-4H3,(H,31,32).